The summed E-state index contributed by atoms with van der Waals surface area (Å²) in [4.78, 5) is 17.4. The maximum absolute atomic E-state index is 15.4. The molecule has 0 saturated carbocycles. The van der Waals surface area contributed by atoms with Crippen molar-refractivity contribution in [3.63, 3.8) is 0 Å². The molecule has 0 fully saturated rings. The Morgan fingerprint density at radius 3 is 2.53 bits per heavy atom. The fourth-order valence-corrected chi connectivity index (χ4v) is 5.00. The molecule has 1 atom stereocenters. The molecule has 34 heavy (non-hydrogen) atoms. The lowest BCUT2D eigenvalue weighted by atomic mass is 9.86. The molecule has 2 aromatic heterocycles. The molecule has 7 heteroatoms. The summed E-state index contributed by atoms with van der Waals surface area (Å²) >= 11 is 0. The number of carboxylic acid groups (broad SMARTS) is 1. The Morgan fingerprint density at radius 1 is 1.24 bits per heavy atom. The van der Waals surface area contributed by atoms with Crippen LogP contribution in [0.3, 0.4) is 0 Å². The van der Waals surface area contributed by atoms with Crippen molar-refractivity contribution in [2.24, 2.45) is 7.05 Å². The highest BCUT2D eigenvalue weighted by molar-refractivity contribution is 6.01. The molecule has 1 aliphatic heterocycles. The van der Waals surface area contributed by atoms with Crippen LogP contribution >= 0.6 is 0 Å². The summed E-state index contributed by atoms with van der Waals surface area (Å²) in [7, 11) is 1.94. The number of aryl methyl sites for hydroxylation is 3. The minimum absolute atomic E-state index is 0.303. The predicted octanol–water partition coefficient (Wildman–Crippen LogP) is 5.88. The second-order valence-corrected chi connectivity index (χ2v) is 10.2. The van der Waals surface area contributed by atoms with Crippen LogP contribution in [0.1, 0.15) is 66.9 Å². The van der Waals surface area contributed by atoms with Gasteiger partial charge in [-0.2, -0.15) is 0 Å². The third-order valence-electron chi connectivity index (χ3n) is 6.81. The first-order valence-corrected chi connectivity index (χ1v) is 11.6. The minimum atomic E-state index is -1.26. The van der Waals surface area contributed by atoms with E-state index in [-0.39, 0.29) is 0 Å². The van der Waals surface area contributed by atoms with E-state index in [4.69, 9.17) is 14.5 Å². The highest BCUT2D eigenvalue weighted by Crippen LogP contribution is 2.45. The zero-order chi connectivity index (χ0) is 25.1. The molecule has 1 N–H and O–H groups in total. The van der Waals surface area contributed by atoms with E-state index >= 15 is 4.39 Å². The van der Waals surface area contributed by atoms with Gasteiger partial charge in [-0.1, -0.05) is 0 Å². The number of aromatic nitrogens is 2. The summed E-state index contributed by atoms with van der Waals surface area (Å²) in [6.45, 7) is 13.7. The molecule has 0 radical (unpaired) electrons. The molecular formula is C27H33FN2O4. The first kappa shape index (κ1) is 24.2. The van der Waals surface area contributed by atoms with Crippen LogP contribution in [0.25, 0.3) is 22.2 Å². The van der Waals surface area contributed by atoms with E-state index in [1.54, 1.807) is 6.92 Å². The average Bonchev–Trinajstić information content (AvgIpc) is 2.97. The van der Waals surface area contributed by atoms with Gasteiger partial charge < -0.3 is 19.1 Å². The van der Waals surface area contributed by atoms with Gasteiger partial charge in [-0.25, -0.2) is 14.2 Å². The van der Waals surface area contributed by atoms with Crippen molar-refractivity contribution < 1.29 is 23.8 Å². The first-order valence-electron chi connectivity index (χ1n) is 11.6. The molecule has 0 amide bonds. The van der Waals surface area contributed by atoms with Gasteiger partial charge in [0.1, 0.15) is 5.65 Å². The quantitative estimate of drug-likeness (QED) is 0.518. The summed E-state index contributed by atoms with van der Waals surface area (Å²) in [5.74, 6) is -1.24. The fourth-order valence-electron chi connectivity index (χ4n) is 5.00. The second-order valence-electron chi connectivity index (χ2n) is 10.2. The molecular weight excluding hydrogens is 435 g/mol. The van der Waals surface area contributed by atoms with Crippen LogP contribution in [0, 0.1) is 33.5 Å². The highest BCUT2D eigenvalue weighted by atomic mass is 19.1. The van der Waals surface area contributed by atoms with Gasteiger partial charge in [0, 0.05) is 40.5 Å². The molecule has 0 unspecified atom stereocenters. The SMILES string of the molecule is Cc1nc2c(c(C)c(C)n2C)c(-c2cc(F)c3c(c2C)CCCO3)c1[C@H](OC(C)(C)C)C(=O)O. The Balaban J connectivity index is 2.18. The van der Waals surface area contributed by atoms with E-state index in [0.717, 1.165) is 39.8 Å². The Morgan fingerprint density at radius 2 is 1.91 bits per heavy atom. The summed E-state index contributed by atoms with van der Waals surface area (Å²) in [6.07, 6.45) is 0.256. The largest absolute Gasteiger partial charge is 0.490 e. The topological polar surface area (TPSA) is 73.6 Å². The summed E-state index contributed by atoms with van der Waals surface area (Å²) in [5, 5.41) is 11.1. The van der Waals surface area contributed by atoms with Crippen LogP contribution in [-0.4, -0.2) is 32.8 Å². The van der Waals surface area contributed by atoms with Crippen LogP contribution in [0.4, 0.5) is 4.39 Å². The number of hydrogen-bond donors (Lipinski definition) is 1. The lowest BCUT2D eigenvalue weighted by Gasteiger charge is -2.29. The molecule has 182 valence electrons. The normalized spacial score (nSPS) is 14.7. The van der Waals surface area contributed by atoms with Gasteiger partial charge in [0.05, 0.1) is 12.2 Å². The smallest absolute Gasteiger partial charge is 0.337 e. The molecule has 0 saturated heterocycles. The number of rotatable bonds is 4. The van der Waals surface area contributed by atoms with Gasteiger partial charge in [-0.3, -0.25) is 0 Å². The van der Waals surface area contributed by atoms with E-state index in [1.807, 2.05) is 53.2 Å². The number of hydrogen-bond acceptors (Lipinski definition) is 4. The van der Waals surface area contributed by atoms with Gasteiger partial charge in [0.25, 0.3) is 0 Å². The minimum Gasteiger partial charge on any atom is -0.490 e. The van der Waals surface area contributed by atoms with Gasteiger partial charge in [0.15, 0.2) is 17.7 Å². The van der Waals surface area contributed by atoms with Crippen molar-refractivity contribution >= 4 is 17.0 Å². The standard InChI is InChI=1S/C27H33FN2O4/c1-13-16(4)30(8)25-20(13)22(18-12-19(28)23-17(14(18)2)10-9-11-33-23)21(15(3)29-25)24(26(31)32)34-27(5,6)7/h12,24H,9-11H2,1-8H3,(H,31,32)/t24-/m0/s1. The van der Waals surface area contributed by atoms with Crippen molar-refractivity contribution in [1.29, 1.82) is 0 Å². The van der Waals surface area contributed by atoms with E-state index in [0.29, 0.717) is 41.2 Å². The summed E-state index contributed by atoms with van der Waals surface area (Å²) in [6, 6.07) is 1.48. The first-order chi connectivity index (χ1) is 15.8. The number of fused-ring (bicyclic) bond motifs is 2. The number of ether oxygens (including phenoxy) is 2. The van der Waals surface area contributed by atoms with Crippen molar-refractivity contribution in [2.75, 3.05) is 6.61 Å². The van der Waals surface area contributed by atoms with E-state index in [9.17, 15) is 9.90 Å². The lowest BCUT2D eigenvalue weighted by molar-refractivity contribution is -0.160. The third-order valence-corrected chi connectivity index (χ3v) is 6.81. The van der Waals surface area contributed by atoms with Crippen molar-refractivity contribution in [2.45, 2.75) is 73.0 Å². The third kappa shape index (κ3) is 3.86. The number of benzene rings is 1. The van der Waals surface area contributed by atoms with Gasteiger partial charge in [0.2, 0.25) is 0 Å². The van der Waals surface area contributed by atoms with Crippen LogP contribution < -0.4 is 4.74 Å². The van der Waals surface area contributed by atoms with Crippen LogP contribution in [-0.2, 0) is 23.0 Å². The van der Waals surface area contributed by atoms with E-state index in [2.05, 4.69) is 0 Å². The number of nitrogens with zero attached hydrogens (tertiary/aromatic N) is 2. The van der Waals surface area contributed by atoms with E-state index < -0.39 is 23.5 Å². The molecule has 0 bridgehead atoms. The molecule has 3 heterocycles. The molecule has 6 nitrogen and oxygen atoms in total. The highest BCUT2D eigenvalue weighted by Gasteiger charge is 2.34. The molecule has 0 spiro atoms. The maximum Gasteiger partial charge on any atom is 0.337 e. The molecule has 1 aromatic carbocycles. The number of halogens is 1. The number of carbonyl (C=O) groups is 1. The van der Waals surface area contributed by atoms with Crippen molar-refractivity contribution in [3.8, 4) is 16.9 Å². The van der Waals surface area contributed by atoms with Crippen LogP contribution in [0.15, 0.2) is 6.07 Å². The molecule has 0 aliphatic carbocycles. The predicted molar refractivity (Wildman–Crippen MR) is 130 cm³/mol. The number of pyridine rings is 1. The second kappa shape index (κ2) is 8.38. The zero-order valence-corrected chi connectivity index (χ0v) is 21.2. The maximum atomic E-state index is 15.4. The average molecular weight is 469 g/mol. The Kier molecular flexibility index (Phi) is 5.96. The number of aliphatic carboxylic acids is 1. The molecule has 1 aliphatic rings. The van der Waals surface area contributed by atoms with Gasteiger partial charge in [-0.15, -0.1) is 0 Å². The molecule has 4 rings (SSSR count). The van der Waals surface area contributed by atoms with E-state index in [1.165, 1.54) is 6.07 Å². The van der Waals surface area contributed by atoms with Gasteiger partial charge in [-0.05, 0) is 84.1 Å². The Labute approximate surface area is 199 Å². The van der Waals surface area contributed by atoms with Gasteiger partial charge >= 0.3 is 5.97 Å². The monoisotopic (exact) mass is 468 g/mol. The lowest BCUT2D eigenvalue weighted by Crippen LogP contribution is -2.28. The Hall–Kier alpha value is -2.93. The Bertz CT molecular complexity index is 1320. The molecule has 3 aromatic rings. The van der Waals surface area contributed by atoms with Crippen LogP contribution in [0.5, 0.6) is 5.75 Å². The number of carboxylic acids is 1. The zero-order valence-electron chi connectivity index (χ0n) is 21.2. The van der Waals surface area contributed by atoms with Crippen molar-refractivity contribution in [1.82, 2.24) is 9.55 Å². The summed E-state index contributed by atoms with van der Waals surface area (Å²) < 4.78 is 29.1. The van der Waals surface area contributed by atoms with Crippen LogP contribution in [0.2, 0.25) is 0 Å². The summed E-state index contributed by atoms with van der Waals surface area (Å²) in [5.41, 5.74) is 6.09. The fraction of sp³-hybridized carbons (Fsp3) is 0.481. The van der Waals surface area contributed by atoms with Crippen molar-refractivity contribution in [3.05, 3.63) is 45.5 Å².